The monoisotopic (exact) mass is 278 g/mol. The molecule has 4 unspecified atom stereocenters. The molecule has 0 aromatic heterocycles. The van der Waals surface area contributed by atoms with Gasteiger partial charge in [-0.15, -0.1) is 0 Å². The van der Waals surface area contributed by atoms with Crippen LogP contribution in [0.1, 0.15) is 65.2 Å². The van der Waals surface area contributed by atoms with Crippen LogP contribution in [0, 0.1) is 17.8 Å². The molecule has 116 valence electrons. The van der Waals surface area contributed by atoms with Crippen molar-refractivity contribution in [2.24, 2.45) is 17.8 Å². The fourth-order valence-electron chi connectivity index (χ4n) is 5.22. The van der Waals surface area contributed by atoms with Gasteiger partial charge in [-0.3, -0.25) is 0 Å². The van der Waals surface area contributed by atoms with Crippen molar-refractivity contribution in [2.45, 2.75) is 83.3 Å². The Balaban J connectivity index is 1.49. The Morgan fingerprint density at radius 3 is 2.30 bits per heavy atom. The third-order valence-electron chi connectivity index (χ3n) is 6.54. The van der Waals surface area contributed by atoms with Crippen LogP contribution in [0.2, 0.25) is 0 Å². The molecule has 2 aliphatic heterocycles. The predicted octanol–water partition coefficient (Wildman–Crippen LogP) is 3.66. The van der Waals surface area contributed by atoms with E-state index >= 15 is 0 Å². The van der Waals surface area contributed by atoms with E-state index < -0.39 is 0 Å². The molecule has 2 bridgehead atoms. The van der Waals surface area contributed by atoms with E-state index in [9.17, 15) is 0 Å². The molecule has 0 spiro atoms. The molecular weight excluding hydrogens is 244 g/mol. The standard InChI is InChI=1S/C18H34N2/c1-13(2)17-6-4-5-7-18(17)19-12-14-10-15-8-9-16(11-14)20(15)3/h13-19H,4-12H2,1-3H3. The topological polar surface area (TPSA) is 15.3 Å². The molecule has 2 heteroatoms. The zero-order chi connectivity index (χ0) is 14.1. The fourth-order valence-corrected chi connectivity index (χ4v) is 5.22. The highest BCUT2D eigenvalue weighted by Crippen LogP contribution is 2.37. The van der Waals surface area contributed by atoms with E-state index in [0.29, 0.717) is 0 Å². The van der Waals surface area contributed by atoms with E-state index in [2.05, 4.69) is 31.1 Å². The molecule has 3 fully saturated rings. The minimum absolute atomic E-state index is 0.807. The number of hydrogen-bond acceptors (Lipinski definition) is 2. The van der Waals surface area contributed by atoms with Gasteiger partial charge in [0.2, 0.25) is 0 Å². The maximum absolute atomic E-state index is 3.99. The molecule has 1 saturated carbocycles. The third-order valence-corrected chi connectivity index (χ3v) is 6.54. The van der Waals surface area contributed by atoms with Crippen molar-refractivity contribution in [3.05, 3.63) is 0 Å². The van der Waals surface area contributed by atoms with Crippen molar-refractivity contribution in [3.63, 3.8) is 0 Å². The molecule has 4 atom stereocenters. The fraction of sp³-hybridized carbons (Fsp3) is 1.00. The Morgan fingerprint density at radius 1 is 1.00 bits per heavy atom. The lowest BCUT2D eigenvalue weighted by molar-refractivity contribution is 0.123. The minimum Gasteiger partial charge on any atom is -0.313 e. The molecule has 0 amide bonds. The van der Waals surface area contributed by atoms with E-state index in [1.807, 2.05) is 0 Å². The Hall–Kier alpha value is -0.0800. The maximum Gasteiger partial charge on any atom is 0.00988 e. The molecule has 0 aromatic carbocycles. The average Bonchev–Trinajstić information content (AvgIpc) is 2.66. The first-order valence-electron chi connectivity index (χ1n) is 9.10. The highest BCUT2D eigenvalue weighted by molar-refractivity contribution is 4.94. The summed E-state index contributed by atoms with van der Waals surface area (Å²) in [5, 5.41) is 3.99. The number of piperidine rings is 1. The molecule has 3 aliphatic rings. The second kappa shape index (κ2) is 6.36. The molecule has 2 heterocycles. The van der Waals surface area contributed by atoms with Crippen molar-refractivity contribution < 1.29 is 0 Å². The number of fused-ring (bicyclic) bond motifs is 2. The van der Waals surface area contributed by atoms with E-state index in [4.69, 9.17) is 0 Å². The molecule has 3 rings (SSSR count). The molecule has 2 saturated heterocycles. The second-order valence-corrected chi connectivity index (χ2v) is 8.09. The first-order chi connectivity index (χ1) is 9.65. The summed E-state index contributed by atoms with van der Waals surface area (Å²) in [7, 11) is 2.35. The van der Waals surface area contributed by atoms with Crippen LogP contribution in [-0.4, -0.2) is 36.6 Å². The van der Waals surface area contributed by atoms with Crippen LogP contribution >= 0.6 is 0 Å². The van der Waals surface area contributed by atoms with Crippen molar-refractivity contribution in [2.75, 3.05) is 13.6 Å². The molecular formula is C18H34N2. The van der Waals surface area contributed by atoms with Gasteiger partial charge in [-0.25, -0.2) is 0 Å². The van der Waals surface area contributed by atoms with Crippen LogP contribution in [0.25, 0.3) is 0 Å². The summed E-state index contributed by atoms with van der Waals surface area (Å²) in [6.45, 7) is 6.12. The van der Waals surface area contributed by atoms with E-state index in [-0.39, 0.29) is 0 Å². The number of nitrogens with zero attached hydrogens (tertiary/aromatic N) is 1. The number of nitrogens with one attached hydrogen (secondary N) is 1. The van der Waals surface area contributed by atoms with Gasteiger partial charge < -0.3 is 10.2 Å². The summed E-state index contributed by atoms with van der Waals surface area (Å²) in [6.07, 6.45) is 11.6. The van der Waals surface area contributed by atoms with Crippen LogP contribution in [0.3, 0.4) is 0 Å². The SMILES string of the molecule is CC(C)C1CCCCC1NCC1CC2CCC(C1)N2C. The Labute approximate surface area is 125 Å². The summed E-state index contributed by atoms with van der Waals surface area (Å²) in [5.74, 6) is 2.71. The summed E-state index contributed by atoms with van der Waals surface area (Å²) in [6, 6.07) is 2.60. The zero-order valence-electron chi connectivity index (χ0n) is 13.8. The van der Waals surface area contributed by atoms with Crippen LogP contribution in [0.4, 0.5) is 0 Å². The van der Waals surface area contributed by atoms with Crippen LogP contribution in [-0.2, 0) is 0 Å². The number of hydrogen-bond donors (Lipinski definition) is 1. The smallest absolute Gasteiger partial charge is 0.00988 e. The third kappa shape index (κ3) is 3.06. The molecule has 1 N–H and O–H groups in total. The van der Waals surface area contributed by atoms with Gasteiger partial charge in [0, 0.05) is 18.1 Å². The van der Waals surface area contributed by atoms with Crippen molar-refractivity contribution in [1.29, 1.82) is 0 Å². The van der Waals surface area contributed by atoms with Gasteiger partial charge in [-0.05, 0) is 69.9 Å². The second-order valence-electron chi connectivity index (χ2n) is 8.09. The van der Waals surface area contributed by atoms with Crippen LogP contribution < -0.4 is 5.32 Å². The first-order valence-corrected chi connectivity index (χ1v) is 9.10. The summed E-state index contributed by atoms with van der Waals surface area (Å²) in [5.41, 5.74) is 0. The van der Waals surface area contributed by atoms with Crippen LogP contribution in [0.5, 0.6) is 0 Å². The van der Waals surface area contributed by atoms with Crippen molar-refractivity contribution in [1.82, 2.24) is 10.2 Å². The van der Waals surface area contributed by atoms with Crippen LogP contribution in [0.15, 0.2) is 0 Å². The van der Waals surface area contributed by atoms with E-state index in [1.165, 1.54) is 57.9 Å². The average molecular weight is 278 g/mol. The predicted molar refractivity (Wildman–Crippen MR) is 85.9 cm³/mol. The molecule has 20 heavy (non-hydrogen) atoms. The summed E-state index contributed by atoms with van der Waals surface area (Å²) >= 11 is 0. The Morgan fingerprint density at radius 2 is 1.65 bits per heavy atom. The maximum atomic E-state index is 3.99. The Kier molecular flexibility index (Phi) is 4.72. The van der Waals surface area contributed by atoms with Crippen molar-refractivity contribution >= 4 is 0 Å². The minimum atomic E-state index is 0.807. The lowest BCUT2D eigenvalue weighted by Gasteiger charge is -2.39. The molecule has 0 aromatic rings. The highest BCUT2D eigenvalue weighted by atomic mass is 15.2. The van der Waals surface area contributed by atoms with Gasteiger partial charge >= 0.3 is 0 Å². The van der Waals surface area contributed by atoms with Gasteiger partial charge in [0.15, 0.2) is 0 Å². The lowest BCUT2D eigenvalue weighted by atomic mass is 9.77. The Bertz CT molecular complexity index is 301. The quantitative estimate of drug-likeness (QED) is 0.844. The lowest BCUT2D eigenvalue weighted by Crippen LogP contribution is -2.46. The van der Waals surface area contributed by atoms with Gasteiger partial charge in [0.25, 0.3) is 0 Å². The van der Waals surface area contributed by atoms with E-state index in [0.717, 1.165) is 35.9 Å². The molecule has 2 nitrogen and oxygen atoms in total. The van der Waals surface area contributed by atoms with Gasteiger partial charge in [0.05, 0.1) is 0 Å². The highest BCUT2D eigenvalue weighted by Gasteiger charge is 2.38. The summed E-state index contributed by atoms with van der Waals surface area (Å²) < 4.78 is 0. The molecule has 1 aliphatic carbocycles. The van der Waals surface area contributed by atoms with Gasteiger partial charge in [-0.1, -0.05) is 26.7 Å². The van der Waals surface area contributed by atoms with Gasteiger partial charge in [0.1, 0.15) is 0 Å². The summed E-state index contributed by atoms with van der Waals surface area (Å²) in [4.78, 5) is 2.66. The van der Waals surface area contributed by atoms with Gasteiger partial charge in [-0.2, -0.15) is 0 Å². The van der Waals surface area contributed by atoms with E-state index in [1.54, 1.807) is 0 Å². The van der Waals surface area contributed by atoms with Crippen molar-refractivity contribution in [3.8, 4) is 0 Å². The zero-order valence-corrected chi connectivity index (χ0v) is 13.8. The first kappa shape index (κ1) is 14.8. The molecule has 0 radical (unpaired) electrons. The number of rotatable bonds is 4. The normalized spacial score (nSPS) is 42.3. The largest absolute Gasteiger partial charge is 0.313 e.